The molecule has 0 aromatic carbocycles. The lowest BCUT2D eigenvalue weighted by Crippen LogP contribution is -2.09. The average Bonchev–Trinajstić information content (AvgIpc) is 2.29. The molecule has 0 saturated carbocycles. The molecule has 2 aromatic heterocycles. The summed E-state index contributed by atoms with van der Waals surface area (Å²) in [7, 11) is 0. The van der Waals surface area contributed by atoms with Crippen LogP contribution < -0.4 is 5.84 Å². The van der Waals surface area contributed by atoms with E-state index in [1.807, 2.05) is 32.3 Å². The van der Waals surface area contributed by atoms with Gasteiger partial charge in [-0.25, -0.2) is 0 Å². The molecule has 0 aliphatic heterocycles. The van der Waals surface area contributed by atoms with E-state index in [2.05, 4.69) is 4.98 Å². The van der Waals surface area contributed by atoms with Gasteiger partial charge in [0.2, 0.25) is 0 Å². The minimum atomic E-state index is 1.06. The highest BCUT2D eigenvalue weighted by atomic mass is 15.3. The van der Waals surface area contributed by atoms with E-state index < -0.39 is 0 Å². The zero-order valence-electron chi connectivity index (χ0n) is 7.20. The number of aryl methyl sites for hydroxylation is 2. The fraction of sp³-hybridized carbons (Fsp3) is 0.222. The van der Waals surface area contributed by atoms with Crippen LogP contribution in [0.1, 0.15) is 11.3 Å². The van der Waals surface area contributed by atoms with Crippen LogP contribution in [0.25, 0.3) is 10.9 Å². The van der Waals surface area contributed by atoms with Crippen molar-refractivity contribution >= 4 is 10.9 Å². The van der Waals surface area contributed by atoms with Gasteiger partial charge in [0.15, 0.2) is 0 Å². The number of rotatable bonds is 0. The molecule has 0 atom stereocenters. The summed E-state index contributed by atoms with van der Waals surface area (Å²) in [6, 6.07) is 2.04. The van der Waals surface area contributed by atoms with Gasteiger partial charge >= 0.3 is 0 Å². The van der Waals surface area contributed by atoms with Crippen LogP contribution in [0.15, 0.2) is 18.5 Å². The van der Waals surface area contributed by atoms with Gasteiger partial charge in [-0.2, -0.15) is 0 Å². The van der Waals surface area contributed by atoms with Crippen molar-refractivity contribution in [3.8, 4) is 0 Å². The van der Waals surface area contributed by atoms with Crippen LogP contribution in [-0.2, 0) is 0 Å². The highest BCUT2D eigenvalue weighted by Gasteiger charge is 2.04. The summed E-state index contributed by atoms with van der Waals surface area (Å²) in [5.74, 6) is 5.83. The summed E-state index contributed by atoms with van der Waals surface area (Å²) in [6.45, 7) is 4.00. The fourth-order valence-corrected chi connectivity index (χ4v) is 1.48. The molecule has 0 saturated heterocycles. The molecule has 0 amide bonds. The lowest BCUT2D eigenvalue weighted by molar-refractivity contribution is 0.993. The van der Waals surface area contributed by atoms with E-state index in [-0.39, 0.29) is 0 Å². The van der Waals surface area contributed by atoms with Gasteiger partial charge in [0, 0.05) is 23.5 Å². The average molecular weight is 161 g/mol. The molecule has 12 heavy (non-hydrogen) atoms. The maximum absolute atomic E-state index is 5.83. The van der Waals surface area contributed by atoms with Gasteiger partial charge in [-0.1, -0.05) is 0 Å². The minimum absolute atomic E-state index is 1.06. The third-order valence-electron chi connectivity index (χ3n) is 2.11. The standard InChI is InChI=1S/C9H11N3/c1-6-4-11-5-8-3-7(2)12(10)9(6)8/h3-5H,10H2,1-2H3. The Bertz CT molecular complexity index is 429. The molecule has 2 heterocycles. The zero-order valence-corrected chi connectivity index (χ0v) is 7.20. The van der Waals surface area contributed by atoms with Crippen molar-refractivity contribution in [1.29, 1.82) is 0 Å². The number of fused-ring (bicyclic) bond motifs is 1. The largest absolute Gasteiger partial charge is 0.339 e. The number of nitrogens with two attached hydrogens (primary N) is 1. The van der Waals surface area contributed by atoms with Crippen molar-refractivity contribution in [3.05, 3.63) is 29.7 Å². The summed E-state index contributed by atoms with van der Waals surface area (Å²) in [5, 5.41) is 1.11. The molecule has 0 spiro atoms. The van der Waals surface area contributed by atoms with Crippen LogP contribution in [0, 0.1) is 13.8 Å². The van der Waals surface area contributed by atoms with Gasteiger partial charge in [-0.15, -0.1) is 0 Å². The summed E-state index contributed by atoms with van der Waals surface area (Å²) < 4.78 is 1.70. The van der Waals surface area contributed by atoms with Gasteiger partial charge in [-0.05, 0) is 25.5 Å². The monoisotopic (exact) mass is 161 g/mol. The van der Waals surface area contributed by atoms with Gasteiger partial charge in [-0.3, -0.25) is 9.66 Å². The van der Waals surface area contributed by atoms with Crippen LogP contribution in [-0.4, -0.2) is 9.66 Å². The lowest BCUT2D eigenvalue weighted by atomic mass is 10.2. The molecule has 0 aliphatic carbocycles. The number of hydrogen-bond acceptors (Lipinski definition) is 2. The second kappa shape index (κ2) is 2.24. The smallest absolute Gasteiger partial charge is 0.0753 e. The van der Waals surface area contributed by atoms with Crippen molar-refractivity contribution in [3.63, 3.8) is 0 Å². The third-order valence-corrected chi connectivity index (χ3v) is 2.11. The zero-order chi connectivity index (χ0) is 8.72. The Morgan fingerprint density at radius 2 is 2.08 bits per heavy atom. The highest BCUT2D eigenvalue weighted by molar-refractivity contribution is 5.83. The Labute approximate surface area is 70.8 Å². The Balaban J connectivity index is 2.97. The number of pyridine rings is 1. The summed E-state index contributed by atoms with van der Waals surface area (Å²) in [6.07, 6.45) is 3.66. The van der Waals surface area contributed by atoms with Crippen LogP contribution in [0.3, 0.4) is 0 Å². The number of nitrogens with zero attached hydrogens (tertiary/aromatic N) is 2. The van der Waals surface area contributed by atoms with Gasteiger partial charge in [0.05, 0.1) is 5.52 Å². The van der Waals surface area contributed by atoms with Crippen molar-refractivity contribution in [2.24, 2.45) is 0 Å². The highest BCUT2D eigenvalue weighted by Crippen LogP contribution is 2.18. The normalized spacial score (nSPS) is 10.8. The molecule has 0 fully saturated rings. The first-order chi connectivity index (χ1) is 5.70. The van der Waals surface area contributed by atoms with E-state index in [0.717, 1.165) is 22.2 Å². The topological polar surface area (TPSA) is 43.8 Å². The van der Waals surface area contributed by atoms with E-state index in [4.69, 9.17) is 5.84 Å². The van der Waals surface area contributed by atoms with Crippen molar-refractivity contribution < 1.29 is 0 Å². The molecule has 0 radical (unpaired) electrons. The molecule has 62 valence electrons. The quantitative estimate of drug-likeness (QED) is 0.593. The second-order valence-corrected chi connectivity index (χ2v) is 3.05. The molecular formula is C9H11N3. The molecule has 3 nitrogen and oxygen atoms in total. The third kappa shape index (κ3) is 0.794. The van der Waals surface area contributed by atoms with Crippen molar-refractivity contribution in [2.75, 3.05) is 5.84 Å². The SMILES string of the molecule is Cc1cncc2cc(C)n(N)c12. The van der Waals surface area contributed by atoms with Crippen molar-refractivity contribution in [1.82, 2.24) is 9.66 Å². The summed E-state index contributed by atoms with van der Waals surface area (Å²) in [5.41, 5.74) is 3.24. The predicted molar refractivity (Wildman–Crippen MR) is 49.4 cm³/mol. The number of hydrogen-bond donors (Lipinski definition) is 1. The number of nitrogen functional groups attached to an aromatic ring is 1. The molecular weight excluding hydrogens is 150 g/mol. The van der Waals surface area contributed by atoms with E-state index in [9.17, 15) is 0 Å². The predicted octanol–water partition coefficient (Wildman–Crippen LogP) is 1.37. The van der Waals surface area contributed by atoms with Crippen molar-refractivity contribution in [2.45, 2.75) is 13.8 Å². The van der Waals surface area contributed by atoms with Gasteiger partial charge in [0.25, 0.3) is 0 Å². The first-order valence-corrected chi connectivity index (χ1v) is 3.88. The molecule has 2 aromatic rings. The second-order valence-electron chi connectivity index (χ2n) is 3.05. The molecule has 0 unspecified atom stereocenters. The molecule has 0 bridgehead atoms. The lowest BCUT2D eigenvalue weighted by Gasteiger charge is -2.00. The molecule has 2 N–H and O–H groups in total. The Morgan fingerprint density at radius 1 is 1.33 bits per heavy atom. The van der Waals surface area contributed by atoms with E-state index in [1.54, 1.807) is 4.68 Å². The van der Waals surface area contributed by atoms with Gasteiger partial charge < -0.3 is 5.84 Å². The van der Waals surface area contributed by atoms with Crippen LogP contribution >= 0.6 is 0 Å². The minimum Gasteiger partial charge on any atom is -0.339 e. The van der Waals surface area contributed by atoms with Crippen LogP contribution in [0.4, 0.5) is 0 Å². The Hall–Kier alpha value is -1.51. The van der Waals surface area contributed by atoms with E-state index >= 15 is 0 Å². The Kier molecular flexibility index (Phi) is 1.33. The van der Waals surface area contributed by atoms with E-state index in [1.165, 1.54) is 0 Å². The first kappa shape index (κ1) is 7.16. The molecule has 3 heteroatoms. The maximum Gasteiger partial charge on any atom is 0.0753 e. The Morgan fingerprint density at radius 3 is 2.75 bits per heavy atom. The van der Waals surface area contributed by atoms with Crippen LogP contribution in [0.2, 0.25) is 0 Å². The fourth-order valence-electron chi connectivity index (χ4n) is 1.48. The van der Waals surface area contributed by atoms with E-state index in [0.29, 0.717) is 0 Å². The van der Waals surface area contributed by atoms with Gasteiger partial charge in [0.1, 0.15) is 0 Å². The van der Waals surface area contributed by atoms with Crippen LogP contribution in [0.5, 0.6) is 0 Å². The molecule has 2 rings (SSSR count). The maximum atomic E-state index is 5.83. The number of aromatic nitrogens is 2. The molecule has 0 aliphatic rings. The summed E-state index contributed by atoms with van der Waals surface area (Å²) >= 11 is 0. The first-order valence-electron chi connectivity index (χ1n) is 3.88. The summed E-state index contributed by atoms with van der Waals surface area (Å²) in [4.78, 5) is 4.10.